The minimum absolute atomic E-state index is 0.00509. The summed E-state index contributed by atoms with van der Waals surface area (Å²) in [5, 5.41) is 0. The Labute approximate surface area is 96.1 Å². The number of Topliss-reactive ketones (excluding diaryl/α,β-unsaturated/α-hetero) is 2. The highest BCUT2D eigenvalue weighted by molar-refractivity contribution is 5.95. The minimum Gasteiger partial charge on any atom is -0.299 e. The topological polar surface area (TPSA) is 34.1 Å². The van der Waals surface area contributed by atoms with Gasteiger partial charge in [0.15, 0.2) is 0 Å². The fourth-order valence-corrected chi connectivity index (χ4v) is 4.18. The van der Waals surface area contributed by atoms with Crippen LogP contribution >= 0.6 is 0 Å². The second-order valence-electron chi connectivity index (χ2n) is 5.96. The van der Waals surface area contributed by atoms with Gasteiger partial charge in [-0.15, -0.1) is 0 Å². The first-order valence-corrected chi connectivity index (χ1v) is 6.29. The number of allylic oxidation sites excluding steroid dienone is 1. The van der Waals surface area contributed by atoms with Crippen LogP contribution in [-0.4, -0.2) is 11.6 Å². The Morgan fingerprint density at radius 3 is 2.81 bits per heavy atom. The molecule has 2 nitrogen and oxygen atoms in total. The molecule has 0 aromatic carbocycles. The third-order valence-electron chi connectivity index (χ3n) is 5.11. The number of hydrogen-bond acceptors (Lipinski definition) is 2. The highest BCUT2D eigenvalue weighted by Gasteiger charge is 2.59. The first kappa shape index (κ1) is 10.2. The van der Waals surface area contributed by atoms with Crippen molar-refractivity contribution in [2.75, 3.05) is 0 Å². The second-order valence-corrected chi connectivity index (χ2v) is 5.96. The Morgan fingerprint density at radius 2 is 2.06 bits per heavy atom. The van der Waals surface area contributed by atoms with Crippen molar-refractivity contribution in [2.24, 2.45) is 23.2 Å². The predicted octanol–water partition coefficient (Wildman–Crippen LogP) is 2.53. The molecule has 0 radical (unpaired) electrons. The molecular weight excluding hydrogens is 200 g/mol. The molecule has 0 aromatic heterocycles. The number of carbonyl (C=O) groups is 2. The van der Waals surface area contributed by atoms with Crippen LogP contribution in [0, 0.1) is 23.2 Å². The van der Waals surface area contributed by atoms with Crippen molar-refractivity contribution in [3.8, 4) is 0 Å². The van der Waals surface area contributed by atoms with E-state index in [4.69, 9.17) is 0 Å². The third kappa shape index (κ3) is 1.08. The molecule has 1 spiro atoms. The molecule has 3 rings (SSSR count). The van der Waals surface area contributed by atoms with Gasteiger partial charge < -0.3 is 0 Å². The van der Waals surface area contributed by atoms with E-state index < -0.39 is 0 Å². The van der Waals surface area contributed by atoms with Crippen LogP contribution in [0.1, 0.15) is 39.0 Å². The SMILES string of the molecule is C=C1C[C@]23C[C@H]1C(=O)C[C@H]2CC[C@H](C)C3=O. The maximum Gasteiger partial charge on any atom is 0.142 e. The Morgan fingerprint density at radius 1 is 1.31 bits per heavy atom. The van der Waals surface area contributed by atoms with Crippen molar-refractivity contribution in [2.45, 2.75) is 39.0 Å². The van der Waals surface area contributed by atoms with Gasteiger partial charge in [0.05, 0.1) is 0 Å². The van der Waals surface area contributed by atoms with Crippen LogP contribution in [-0.2, 0) is 9.59 Å². The number of carbonyl (C=O) groups excluding carboxylic acids is 2. The smallest absolute Gasteiger partial charge is 0.142 e. The Bertz CT molecular complexity index is 396. The van der Waals surface area contributed by atoms with E-state index in [2.05, 4.69) is 6.58 Å². The highest BCUT2D eigenvalue weighted by atomic mass is 16.1. The van der Waals surface area contributed by atoms with Gasteiger partial charge in [0.25, 0.3) is 0 Å². The molecule has 3 fully saturated rings. The third-order valence-corrected chi connectivity index (χ3v) is 5.11. The lowest BCUT2D eigenvalue weighted by molar-refractivity contribution is -0.144. The average molecular weight is 218 g/mol. The van der Waals surface area contributed by atoms with Gasteiger partial charge in [0, 0.05) is 23.7 Å². The molecule has 2 heteroatoms. The fraction of sp³-hybridized carbons (Fsp3) is 0.714. The standard InChI is InChI=1S/C14H18O2/c1-8-3-4-10-5-12(15)11-7-14(10,13(8)16)6-9(11)2/h8,10-11H,2-7H2,1H3/t8-,10+,11+,14-/m0/s1. The van der Waals surface area contributed by atoms with Gasteiger partial charge >= 0.3 is 0 Å². The molecule has 4 atom stereocenters. The van der Waals surface area contributed by atoms with Crippen molar-refractivity contribution < 1.29 is 9.59 Å². The van der Waals surface area contributed by atoms with Crippen molar-refractivity contribution in [3.05, 3.63) is 12.2 Å². The number of hydrogen-bond donors (Lipinski definition) is 0. The van der Waals surface area contributed by atoms with Crippen LogP contribution in [0.4, 0.5) is 0 Å². The summed E-state index contributed by atoms with van der Waals surface area (Å²) in [7, 11) is 0. The minimum atomic E-state index is -0.187. The van der Waals surface area contributed by atoms with Crippen LogP contribution in [0.2, 0.25) is 0 Å². The molecule has 0 amide bonds. The summed E-state index contributed by atoms with van der Waals surface area (Å²) in [6, 6.07) is 0. The molecule has 0 saturated heterocycles. The van der Waals surface area contributed by atoms with Gasteiger partial charge in [-0.2, -0.15) is 0 Å². The normalized spacial score (nSPS) is 47.1. The summed E-state index contributed by atoms with van der Waals surface area (Å²) in [6.07, 6.45) is 4.21. The van der Waals surface area contributed by atoms with E-state index in [-0.39, 0.29) is 17.3 Å². The van der Waals surface area contributed by atoms with Crippen molar-refractivity contribution in [3.63, 3.8) is 0 Å². The Hall–Kier alpha value is -0.920. The van der Waals surface area contributed by atoms with Gasteiger partial charge in [-0.05, 0) is 31.6 Å². The molecule has 2 bridgehead atoms. The van der Waals surface area contributed by atoms with E-state index in [0.29, 0.717) is 23.9 Å². The van der Waals surface area contributed by atoms with Crippen LogP contribution in [0.15, 0.2) is 12.2 Å². The molecule has 3 aliphatic carbocycles. The van der Waals surface area contributed by atoms with Gasteiger partial charge in [-0.3, -0.25) is 9.59 Å². The van der Waals surface area contributed by atoms with Gasteiger partial charge in [-0.1, -0.05) is 19.1 Å². The summed E-state index contributed by atoms with van der Waals surface area (Å²) in [5.74, 6) is 1.27. The van der Waals surface area contributed by atoms with E-state index in [1.165, 1.54) is 0 Å². The zero-order valence-electron chi connectivity index (χ0n) is 9.79. The van der Waals surface area contributed by atoms with Crippen LogP contribution < -0.4 is 0 Å². The van der Waals surface area contributed by atoms with Crippen molar-refractivity contribution >= 4 is 11.6 Å². The maximum absolute atomic E-state index is 12.4. The Balaban J connectivity index is 2.04. The molecule has 0 aliphatic heterocycles. The molecular formula is C14H18O2. The molecule has 3 saturated carbocycles. The van der Waals surface area contributed by atoms with E-state index in [1.54, 1.807) is 0 Å². The van der Waals surface area contributed by atoms with Gasteiger partial charge in [-0.25, -0.2) is 0 Å². The van der Waals surface area contributed by atoms with E-state index >= 15 is 0 Å². The van der Waals surface area contributed by atoms with Gasteiger partial charge in [0.2, 0.25) is 0 Å². The molecule has 0 heterocycles. The van der Waals surface area contributed by atoms with Crippen molar-refractivity contribution in [1.29, 1.82) is 0 Å². The van der Waals surface area contributed by atoms with E-state index in [1.807, 2.05) is 6.92 Å². The zero-order chi connectivity index (χ0) is 11.5. The molecule has 0 aromatic rings. The quantitative estimate of drug-likeness (QED) is 0.585. The average Bonchev–Trinajstić information content (AvgIpc) is 2.55. The maximum atomic E-state index is 12.4. The summed E-state index contributed by atoms with van der Waals surface area (Å²) in [5.41, 5.74) is 0.836. The second kappa shape index (κ2) is 3.06. The lowest BCUT2D eigenvalue weighted by Crippen LogP contribution is -2.47. The monoisotopic (exact) mass is 218 g/mol. The van der Waals surface area contributed by atoms with Crippen molar-refractivity contribution in [1.82, 2.24) is 0 Å². The first-order chi connectivity index (χ1) is 7.54. The predicted molar refractivity (Wildman–Crippen MR) is 60.8 cm³/mol. The van der Waals surface area contributed by atoms with Crippen LogP contribution in [0.25, 0.3) is 0 Å². The lowest BCUT2D eigenvalue weighted by atomic mass is 9.57. The Kier molecular flexibility index (Phi) is 1.96. The van der Waals surface area contributed by atoms with E-state index in [0.717, 1.165) is 31.3 Å². The first-order valence-electron chi connectivity index (χ1n) is 6.29. The molecule has 86 valence electrons. The largest absolute Gasteiger partial charge is 0.299 e. The van der Waals surface area contributed by atoms with Crippen LogP contribution in [0.3, 0.4) is 0 Å². The highest BCUT2D eigenvalue weighted by Crippen LogP contribution is 2.60. The van der Waals surface area contributed by atoms with Gasteiger partial charge in [0.1, 0.15) is 11.6 Å². The summed E-state index contributed by atoms with van der Waals surface area (Å²) >= 11 is 0. The molecule has 0 unspecified atom stereocenters. The summed E-state index contributed by atoms with van der Waals surface area (Å²) < 4.78 is 0. The lowest BCUT2D eigenvalue weighted by Gasteiger charge is -2.44. The van der Waals surface area contributed by atoms with Crippen LogP contribution in [0.5, 0.6) is 0 Å². The number of rotatable bonds is 0. The fourth-order valence-electron chi connectivity index (χ4n) is 4.18. The molecule has 0 N–H and O–H groups in total. The molecule has 16 heavy (non-hydrogen) atoms. The zero-order valence-corrected chi connectivity index (χ0v) is 9.79. The van der Waals surface area contributed by atoms with E-state index in [9.17, 15) is 9.59 Å². The number of fused-ring (bicyclic) bond motifs is 1. The molecule has 3 aliphatic rings. The summed E-state index contributed by atoms with van der Waals surface area (Å²) in [4.78, 5) is 24.4. The summed E-state index contributed by atoms with van der Waals surface area (Å²) in [6.45, 7) is 6.06. The number of ketones is 2.